The molecule has 1 aromatic heterocycles. The maximum atomic E-state index is 13.6. The summed E-state index contributed by atoms with van der Waals surface area (Å²) in [5, 5.41) is 7.20. The number of nitrogens with zero attached hydrogens (tertiary/aromatic N) is 2. The topological polar surface area (TPSA) is 84.8 Å². The van der Waals surface area contributed by atoms with Crippen molar-refractivity contribution in [1.82, 2.24) is 9.47 Å². The van der Waals surface area contributed by atoms with Crippen LogP contribution in [0.5, 0.6) is 11.5 Å². The predicted octanol–water partition coefficient (Wildman–Crippen LogP) is 4.59. The molecule has 0 spiro atoms. The predicted molar refractivity (Wildman–Crippen MR) is 150 cm³/mol. The molecule has 3 aromatic rings. The van der Waals surface area contributed by atoms with Gasteiger partial charge in [0.2, 0.25) is 0 Å². The van der Waals surface area contributed by atoms with Gasteiger partial charge in [-0.2, -0.15) is 13.2 Å². The second-order valence-corrected chi connectivity index (χ2v) is 11.9. The van der Waals surface area contributed by atoms with Crippen LogP contribution < -0.4 is 20.1 Å². The lowest BCUT2D eigenvalue weighted by molar-refractivity contribution is -0.140. The number of nitrogens with one attached hydrogen (secondary N) is 2. The van der Waals surface area contributed by atoms with E-state index in [4.69, 9.17) is 9.47 Å². The van der Waals surface area contributed by atoms with Crippen LogP contribution in [0.3, 0.4) is 0 Å². The average molecular weight is 579 g/mol. The number of hydrogen-bond donors (Lipinski definition) is 2. The van der Waals surface area contributed by atoms with E-state index in [1.165, 1.54) is 26.4 Å². The SMILES string of the molecule is COc1cc(NC2CCN(C)CC2)c2cc(C#CCNc3ccc(S(C)(=O)=O)cc3OC)n(CC(F)(F)F)c2c1. The van der Waals surface area contributed by atoms with Gasteiger partial charge in [0.05, 0.1) is 42.6 Å². The number of piperidine rings is 1. The molecule has 0 atom stereocenters. The molecule has 1 saturated heterocycles. The van der Waals surface area contributed by atoms with Crippen molar-refractivity contribution in [1.29, 1.82) is 0 Å². The lowest BCUT2D eigenvalue weighted by atomic mass is 10.0. The van der Waals surface area contributed by atoms with Gasteiger partial charge in [-0.25, -0.2) is 8.42 Å². The molecule has 0 unspecified atom stereocenters. The first-order valence-electron chi connectivity index (χ1n) is 12.7. The summed E-state index contributed by atoms with van der Waals surface area (Å²) in [7, 11) is 1.56. The Balaban J connectivity index is 1.65. The molecule has 4 rings (SSSR count). The molecule has 40 heavy (non-hydrogen) atoms. The van der Waals surface area contributed by atoms with E-state index in [2.05, 4.69) is 34.4 Å². The van der Waals surface area contributed by atoms with E-state index in [-0.39, 0.29) is 23.2 Å². The Bertz CT molecular complexity index is 1530. The number of rotatable bonds is 8. The minimum atomic E-state index is -4.46. The quantitative estimate of drug-likeness (QED) is 0.378. The number of anilines is 2. The average Bonchev–Trinajstić information content (AvgIpc) is 3.23. The van der Waals surface area contributed by atoms with Crippen LogP contribution in [-0.2, 0) is 16.4 Å². The first kappa shape index (κ1) is 29.4. The maximum Gasteiger partial charge on any atom is 0.406 e. The molecule has 1 aliphatic heterocycles. The van der Waals surface area contributed by atoms with Gasteiger partial charge in [-0.05, 0) is 57.1 Å². The summed E-state index contributed by atoms with van der Waals surface area (Å²) < 4.78 is 76.4. The van der Waals surface area contributed by atoms with Gasteiger partial charge in [-0.3, -0.25) is 0 Å². The zero-order valence-electron chi connectivity index (χ0n) is 22.9. The van der Waals surface area contributed by atoms with E-state index in [1.807, 2.05) is 6.07 Å². The van der Waals surface area contributed by atoms with Gasteiger partial charge >= 0.3 is 6.18 Å². The molecule has 0 amide bonds. The summed E-state index contributed by atoms with van der Waals surface area (Å²) in [4.78, 5) is 2.36. The van der Waals surface area contributed by atoms with Crippen LogP contribution in [0.25, 0.3) is 10.9 Å². The zero-order chi connectivity index (χ0) is 29.1. The molecule has 1 fully saturated rings. The van der Waals surface area contributed by atoms with Crippen molar-refractivity contribution < 1.29 is 31.1 Å². The Morgan fingerprint density at radius 2 is 1.77 bits per heavy atom. The van der Waals surface area contributed by atoms with Crippen molar-refractivity contribution >= 4 is 32.1 Å². The van der Waals surface area contributed by atoms with E-state index in [0.29, 0.717) is 33.8 Å². The third-order valence-corrected chi connectivity index (χ3v) is 7.94. The number of likely N-dealkylation sites (tertiary alicyclic amines) is 1. The van der Waals surface area contributed by atoms with Gasteiger partial charge in [0.25, 0.3) is 0 Å². The van der Waals surface area contributed by atoms with Crippen LogP contribution >= 0.6 is 0 Å². The van der Waals surface area contributed by atoms with Gasteiger partial charge in [0.15, 0.2) is 9.84 Å². The lowest BCUT2D eigenvalue weighted by Gasteiger charge is -2.30. The maximum absolute atomic E-state index is 13.6. The van der Waals surface area contributed by atoms with Gasteiger partial charge in [-0.15, -0.1) is 0 Å². The Kier molecular flexibility index (Phi) is 8.75. The summed E-state index contributed by atoms with van der Waals surface area (Å²) in [5.74, 6) is 6.54. The number of hydrogen-bond acceptors (Lipinski definition) is 7. The Morgan fingerprint density at radius 3 is 2.40 bits per heavy atom. The van der Waals surface area contributed by atoms with E-state index >= 15 is 0 Å². The van der Waals surface area contributed by atoms with Crippen LogP contribution in [0.15, 0.2) is 41.3 Å². The normalized spacial score (nSPS) is 15.0. The minimum Gasteiger partial charge on any atom is -0.497 e. The highest BCUT2D eigenvalue weighted by Gasteiger charge is 2.30. The summed E-state index contributed by atoms with van der Waals surface area (Å²) in [6, 6.07) is 9.68. The van der Waals surface area contributed by atoms with Crippen molar-refractivity contribution in [3.8, 4) is 23.3 Å². The van der Waals surface area contributed by atoms with Gasteiger partial charge in [-0.1, -0.05) is 5.92 Å². The van der Waals surface area contributed by atoms with E-state index < -0.39 is 22.6 Å². The number of sulfone groups is 1. The fourth-order valence-electron chi connectivity index (χ4n) is 4.72. The fourth-order valence-corrected chi connectivity index (χ4v) is 5.35. The largest absolute Gasteiger partial charge is 0.497 e. The number of methoxy groups -OCH3 is 2. The molecular formula is C28H33F3N4O4S. The summed E-state index contributed by atoms with van der Waals surface area (Å²) >= 11 is 0. The van der Waals surface area contributed by atoms with Crippen LogP contribution in [-0.4, -0.2) is 77.3 Å². The van der Waals surface area contributed by atoms with Crippen LogP contribution in [0.4, 0.5) is 24.5 Å². The molecule has 2 heterocycles. The Labute approximate surface area is 232 Å². The third-order valence-electron chi connectivity index (χ3n) is 6.83. The number of halogens is 3. The fraction of sp³-hybridized carbons (Fsp3) is 0.429. The van der Waals surface area contributed by atoms with Crippen molar-refractivity contribution in [3.05, 3.63) is 42.1 Å². The smallest absolute Gasteiger partial charge is 0.406 e. The third kappa shape index (κ3) is 7.14. The summed E-state index contributed by atoms with van der Waals surface area (Å²) in [6.07, 6.45) is -1.51. The summed E-state index contributed by atoms with van der Waals surface area (Å²) in [6.45, 7) is 0.762. The number of fused-ring (bicyclic) bond motifs is 1. The first-order valence-corrected chi connectivity index (χ1v) is 14.6. The molecule has 2 aromatic carbocycles. The highest BCUT2D eigenvalue weighted by molar-refractivity contribution is 7.90. The molecule has 216 valence electrons. The second kappa shape index (κ2) is 11.9. The second-order valence-electron chi connectivity index (χ2n) is 9.85. The number of benzene rings is 2. The van der Waals surface area contributed by atoms with Gasteiger partial charge < -0.3 is 29.6 Å². The van der Waals surface area contributed by atoms with Crippen LogP contribution in [0, 0.1) is 11.8 Å². The number of alkyl halides is 3. The molecule has 0 saturated carbocycles. The first-order chi connectivity index (χ1) is 18.9. The molecule has 12 heteroatoms. The summed E-state index contributed by atoms with van der Waals surface area (Å²) in [5.41, 5.74) is 1.81. The highest BCUT2D eigenvalue weighted by atomic mass is 32.2. The molecule has 0 bridgehead atoms. The van der Waals surface area contributed by atoms with E-state index in [1.54, 1.807) is 18.2 Å². The Hall–Kier alpha value is -3.56. The van der Waals surface area contributed by atoms with E-state index in [9.17, 15) is 21.6 Å². The van der Waals surface area contributed by atoms with E-state index in [0.717, 1.165) is 36.8 Å². The van der Waals surface area contributed by atoms with Crippen LogP contribution in [0.2, 0.25) is 0 Å². The lowest BCUT2D eigenvalue weighted by Crippen LogP contribution is -2.36. The van der Waals surface area contributed by atoms with Gasteiger partial charge in [0.1, 0.15) is 18.0 Å². The minimum absolute atomic E-state index is 0.0894. The molecule has 1 aliphatic rings. The molecule has 0 aliphatic carbocycles. The van der Waals surface area contributed by atoms with Crippen LogP contribution in [0.1, 0.15) is 18.5 Å². The molecule has 2 N–H and O–H groups in total. The van der Waals surface area contributed by atoms with Crippen molar-refractivity contribution in [3.63, 3.8) is 0 Å². The number of aromatic nitrogens is 1. The molecule has 0 radical (unpaired) electrons. The number of ether oxygens (including phenoxy) is 2. The molecular weight excluding hydrogens is 545 g/mol. The van der Waals surface area contributed by atoms with Crippen molar-refractivity contribution in [2.24, 2.45) is 0 Å². The Morgan fingerprint density at radius 1 is 1.05 bits per heavy atom. The van der Waals surface area contributed by atoms with Crippen molar-refractivity contribution in [2.75, 3.05) is 57.8 Å². The standard InChI is InChI=1S/C28H33F3N4O4S/c1-34-12-9-19(10-13-34)33-25-15-21(38-2)16-26-23(25)14-20(35(26)18-28(29,30)31)6-5-11-32-24-8-7-22(40(4,36)37)17-27(24)39-3/h7-8,14-17,19,32-33H,9-13,18H2,1-4H3. The molecule has 8 nitrogen and oxygen atoms in total. The monoisotopic (exact) mass is 578 g/mol. The van der Waals surface area contributed by atoms with Gasteiger partial charge in [0, 0.05) is 41.6 Å². The van der Waals surface area contributed by atoms with Crippen molar-refractivity contribution in [2.45, 2.75) is 36.5 Å². The highest BCUT2D eigenvalue weighted by Crippen LogP contribution is 2.35. The zero-order valence-corrected chi connectivity index (χ0v) is 23.7.